The molecular weight excluding hydrogens is 396 g/mol. The van der Waals surface area contributed by atoms with E-state index in [9.17, 15) is 4.79 Å². The van der Waals surface area contributed by atoms with Crippen molar-refractivity contribution >= 4 is 33.4 Å². The molecule has 0 spiro atoms. The Bertz CT molecular complexity index is 690. The SMILES string of the molecule is CN(C)CCCNC(=O)c1ccn(COc2ccc(Cl)cc2Br)n1. The summed E-state index contributed by atoms with van der Waals surface area (Å²) in [5, 5.41) is 7.69. The highest BCUT2D eigenvalue weighted by molar-refractivity contribution is 9.10. The number of aromatic nitrogens is 2. The lowest BCUT2D eigenvalue weighted by molar-refractivity contribution is 0.0945. The maximum absolute atomic E-state index is 12.0. The molecule has 0 bridgehead atoms. The van der Waals surface area contributed by atoms with Gasteiger partial charge >= 0.3 is 0 Å². The van der Waals surface area contributed by atoms with Crippen LogP contribution in [0.25, 0.3) is 0 Å². The van der Waals surface area contributed by atoms with Crippen molar-refractivity contribution in [3.05, 3.63) is 45.7 Å². The second kappa shape index (κ2) is 9.05. The highest BCUT2D eigenvalue weighted by atomic mass is 79.9. The van der Waals surface area contributed by atoms with Gasteiger partial charge in [0.15, 0.2) is 6.73 Å². The number of hydrogen-bond donors (Lipinski definition) is 1. The number of benzene rings is 1. The van der Waals surface area contributed by atoms with Crippen LogP contribution in [-0.2, 0) is 6.73 Å². The van der Waals surface area contributed by atoms with E-state index in [1.165, 1.54) is 0 Å². The zero-order valence-electron chi connectivity index (χ0n) is 13.6. The van der Waals surface area contributed by atoms with Gasteiger partial charge in [-0.3, -0.25) is 4.79 Å². The molecule has 0 atom stereocenters. The Morgan fingerprint density at radius 3 is 2.92 bits per heavy atom. The first-order valence-electron chi connectivity index (χ1n) is 7.50. The van der Waals surface area contributed by atoms with E-state index in [2.05, 4.69) is 31.2 Å². The van der Waals surface area contributed by atoms with E-state index in [1.807, 2.05) is 14.1 Å². The van der Waals surface area contributed by atoms with Crippen molar-refractivity contribution in [1.29, 1.82) is 0 Å². The van der Waals surface area contributed by atoms with Gasteiger partial charge in [-0.25, -0.2) is 4.68 Å². The topological polar surface area (TPSA) is 59.4 Å². The molecule has 0 unspecified atom stereocenters. The Hall–Kier alpha value is -1.57. The van der Waals surface area contributed by atoms with Crippen LogP contribution in [0.2, 0.25) is 5.02 Å². The number of hydrogen-bond acceptors (Lipinski definition) is 4. The van der Waals surface area contributed by atoms with E-state index in [-0.39, 0.29) is 12.6 Å². The standard InChI is InChI=1S/C16H20BrClN4O2/c1-21(2)8-3-7-19-16(23)14-6-9-22(20-14)11-24-15-5-4-12(18)10-13(15)17/h4-6,9-10H,3,7-8,11H2,1-2H3,(H,19,23). The summed E-state index contributed by atoms with van der Waals surface area (Å²) < 4.78 is 7.98. The Kier molecular flexibility index (Phi) is 7.08. The predicted molar refractivity (Wildman–Crippen MR) is 97.5 cm³/mol. The minimum atomic E-state index is -0.180. The van der Waals surface area contributed by atoms with Gasteiger partial charge in [0.2, 0.25) is 0 Å². The van der Waals surface area contributed by atoms with E-state index >= 15 is 0 Å². The van der Waals surface area contributed by atoms with Gasteiger partial charge in [-0.1, -0.05) is 11.6 Å². The van der Waals surface area contributed by atoms with Crippen LogP contribution in [-0.4, -0.2) is 47.8 Å². The van der Waals surface area contributed by atoms with Gasteiger partial charge in [-0.15, -0.1) is 0 Å². The van der Waals surface area contributed by atoms with Crippen molar-refractivity contribution in [3.8, 4) is 5.75 Å². The molecule has 0 radical (unpaired) electrons. The first kappa shape index (κ1) is 18.8. The molecule has 24 heavy (non-hydrogen) atoms. The Labute approximate surface area is 154 Å². The molecule has 6 nitrogen and oxygen atoms in total. The van der Waals surface area contributed by atoms with Crippen LogP contribution < -0.4 is 10.1 Å². The molecule has 0 saturated heterocycles. The van der Waals surface area contributed by atoms with Crippen LogP contribution in [0, 0.1) is 0 Å². The fourth-order valence-corrected chi connectivity index (χ4v) is 2.77. The number of amides is 1. The molecule has 1 N–H and O–H groups in total. The summed E-state index contributed by atoms with van der Waals surface area (Å²) in [5.41, 5.74) is 0.374. The highest BCUT2D eigenvalue weighted by Crippen LogP contribution is 2.28. The third-order valence-electron chi connectivity index (χ3n) is 3.19. The lowest BCUT2D eigenvalue weighted by Gasteiger charge is -2.09. The summed E-state index contributed by atoms with van der Waals surface area (Å²) in [7, 11) is 4.01. The van der Waals surface area contributed by atoms with Crippen LogP contribution in [0.1, 0.15) is 16.9 Å². The van der Waals surface area contributed by atoms with Crippen molar-refractivity contribution in [2.75, 3.05) is 27.2 Å². The average molecular weight is 416 g/mol. The van der Waals surface area contributed by atoms with Gasteiger partial charge in [0.1, 0.15) is 11.4 Å². The molecule has 0 saturated carbocycles. The van der Waals surface area contributed by atoms with Crippen molar-refractivity contribution in [2.24, 2.45) is 0 Å². The van der Waals surface area contributed by atoms with Crippen LogP contribution >= 0.6 is 27.5 Å². The molecule has 0 aliphatic carbocycles. The first-order chi connectivity index (χ1) is 11.5. The second-order valence-electron chi connectivity index (χ2n) is 5.50. The third kappa shape index (κ3) is 5.81. The largest absolute Gasteiger partial charge is 0.470 e. The summed E-state index contributed by atoms with van der Waals surface area (Å²) in [6, 6.07) is 6.94. The summed E-state index contributed by atoms with van der Waals surface area (Å²) in [6.07, 6.45) is 2.60. The number of halogens is 2. The fourth-order valence-electron chi connectivity index (χ4n) is 1.97. The minimum absolute atomic E-state index is 0.180. The van der Waals surface area contributed by atoms with Gasteiger partial charge in [-0.2, -0.15) is 5.10 Å². The molecule has 1 aromatic carbocycles. The zero-order chi connectivity index (χ0) is 17.5. The minimum Gasteiger partial charge on any atom is -0.470 e. The van der Waals surface area contributed by atoms with Crippen LogP contribution in [0.3, 0.4) is 0 Å². The van der Waals surface area contributed by atoms with E-state index in [1.54, 1.807) is 35.1 Å². The predicted octanol–water partition coefficient (Wildman–Crippen LogP) is 3.02. The molecule has 8 heteroatoms. The van der Waals surface area contributed by atoms with Crippen molar-refractivity contribution in [2.45, 2.75) is 13.2 Å². The van der Waals surface area contributed by atoms with Crippen LogP contribution in [0.5, 0.6) is 5.75 Å². The number of carbonyl (C=O) groups excluding carboxylic acids is 1. The molecular formula is C16H20BrClN4O2. The average Bonchev–Trinajstić information content (AvgIpc) is 2.99. The highest BCUT2D eigenvalue weighted by Gasteiger charge is 2.09. The molecule has 1 aromatic heterocycles. The lowest BCUT2D eigenvalue weighted by Crippen LogP contribution is -2.27. The zero-order valence-corrected chi connectivity index (χ0v) is 16.0. The molecule has 0 aliphatic rings. The van der Waals surface area contributed by atoms with Crippen LogP contribution in [0.4, 0.5) is 0 Å². The Morgan fingerprint density at radius 1 is 1.42 bits per heavy atom. The number of ether oxygens (including phenoxy) is 1. The van der Waals surface area contributed by atoms with Gasteiger partial charge < -0.3 is 15.0 Å². The van der Waals surface area contributed by atoms with Gasteiger partial charge in [0.25, 0.3) is 5.91 Å². The van der Waals surface area contributed by atoms with Crippen molar-refractivity contribution in [3.63, 3.8) is 0 Å². The third-order valence-corrected chi connectivity index (χ3v) is 4.04. The van der Waals surface area contributed by atoms with E-state index in [0.29, 0.717) is 23.0 Å². The van der Waals surface area contributed by atoms with E-state index in [0.717, 1.165) is 17.4 Å². The summed E-state index contributed by atoms with van der Waals surface area (Å²) >= 11 is 9.28. The fraction of sp³-hybridized carbons (Fsp3) is 0.375. The van der Waals surface area contributed by atoms with E-state index < -0.39 is 0 Å². The number of rotatable bonds is 8. The summed E-state index contributed by atoms with van der Waals surface area (Å²) in [5.74, 6) is 0.477. The quantitative estimate of drug-likeness (QED) is 0.673. The summed E-state index contributed by atoms with van der Waals surface area (Å²) in [6.45, 7) is 1.75. The van der Waals surface area contributed by atoms with Crippen LogP contribution in [0.15, 0.2) is 34.9 Å². The van der Waals surface area contributed by atoms with E-state index in [4.69, 9.17) is 16.3 Å². The second-order valence-corrected chi connectivity index (χ2v) is 6.79. The van der Waals surface area contributed by atoms with Crippen molar-refractivity contribution < 1.29 is 9.53 Å². The molecule has 130 valence electrons. The van der Waals surface area contributed by atoms with Gasteiger partial charge in [-0.05, 0) is 67.3 Å². The monoisotopic (exact) mass is 414 g/mol. The molecule has 1 amide bonds. The maximum Gasteiger partial charge on any atom is 0.271 e. The molecule has 2 rings (SSSR count). The molecule has 1 heterocycles. The van der Waals surface area contributed by atoms with Gasteiger partial charge in [0.05, 0.1) is 4.47 Å². The normalized spacial score (nSPS) is 10.9. The van der Waals surface area contributed by atoms with Crippen molar-refractivity contribution in [1.82, 2.24) is 20.0 Å². The maximum atomic E-state index is 12.0. The molecule has 2 aromatic rings. The first-order valence-corrected chi connectivity index (χ1v) is 8.67. The molecule has 0 aliphatic heterocycles. The smallest absolute Gasteiger partial charge is 0.271 e. The number of carbonyl (C=O) groups is 1. The Morgan fingerprint density at radius 2 is 2.21 bits per heavy atom. The molecule has 0 fully saturated rings. The Balaban J connectivity index is 1.83. The lowest BCUT2D eigenvalue weighted by atomic mass is 10.3. The summed E-state index contributed by atoms with van der Waals surface area (Å²) in [4.78, 5) is 14.1. The van der Waals surface area contributed by atoms with Gasteiger partial charge in [0, 0.05) is 17.8 Å². The number of nitrogens with zero attached hydrogens (tertiary/aromatic N) is 3. The number of nitrogens with one attached hydrogen (secondary N) is 1.